The van der Waals surface area contributed by atoms with Crippen molar-refractivity contribution in [2.45, 2.75) is 98.0 Å². The Kier molecular flexibility index (Phi) is 16.3. The summed E-state index contributed by atoms with van der Waals surface area (Å²) in [5.41, 5.74) is 0. The van der Waals surface area contributed by atoms with E-state index < -0.39 is 6.10 Å². The van der Waals surface area contributed by atoms with Crippen molar-refractivity contribution < 1.29 is 23.8 Å². The van der Waals surface area contributed by atoms with Gasteiger partial charge in [-0.1, -0.05) is 79.1 Å². The highest BCUT2D eigenvalue weighted by Gasteiger charge is 2.20. The summed E-state index contributed by atoms with van der Waals surface area (Å²) in [5.74, 6) is -0.622. The fraction of sp³-hybridized carbons (Fsp3) is 0.909. The molecule has 0 aliphatic heterocycles. The van der Waals surface area contributed by atoms with Crippen LogP contribution in [-0.4, -0.2) is 38.4 Å². The molecule has 2 unspecified atom stereocenters. The lowest BCUT2D eigenvalue weighted by Crippen LogP contribution is -2.30. The zero-order chi connectivity index (χ0) is 20.5. The van der Waals surface area contributed by atoms with Gasteiger partial charge in [-0.05, 0) is 12.8 Å². The van der Waals surface area contributed by atoms with E-state index in [1.54, 1.807) is 0 Å². The molecule has 0 saturated heterocycles. The summed E-state index contributed by atoms with van der Waals surface area (Å²) in [4.78, 5) is 24.1. The Morgan fingerprint density at radius 1 is 0.704 bits per heavy atom. The molecule has 0 saturated carbocycles. The standard InChI is InChI=1S/C22H42O5/c1-6-8-10-12-14-18(3)21(23)26-16-20(25-5)17-27-22(24)19(4)15-13-11-9-7-2/h18-20H,6-17H2,1-5H3. The number of hydrogen-bond acceptors (Lipinski definition) is 5. The Morgan fingerprint density at radius 3 is 1.44 bits per heavy atom. The second-order valence-corrected chi connectivity index (χ2v) is 7.62. The average molecular weight is 387 g/mol. The number of carbonyl (C=O) groups is 2. The van der Waals surface area contributed by atoms with E-state index in [9.17, 15) is 9.59 Å². The van der Waals surface area contributed by atoms with Crippen molar-refractivity contribution in [1.82, 2.24) is 0 Å². The van der Waals surface area contributed by atoms with Gasteiger partial charge in [0.1, 0.15) is 19.3 Å². The van der Waals surface area contributed by atoms with Crippen molar-refractivity contribution in [3.05, 3.63) is 0 Å². The quantitative estimate of drug-likeness (QED) is 0.251. The minimum atomic E-state index is -0.419. The first-order valence-electron chi connectivity index (χ1n) is 10.8. The van der Waals surface area contributed by atoms with Crippen LogP contribution in [-0.2, 0) is 23.8 Å². The summed E-state index contributed by atoms with van der Waals surface area (Å²) >= 11 is 0. The minimum absolute atomic E-state index is 0.106. The predicted octanol–water partition coefficient (Wildman–Crippen LogP) is 5.30. The van der Waals surface area contributed by atoms with Crippen LogP contribution in [0.25, 0.3) is 0 Å². The van der Waals surface area contributed by atoms with Gasteiger partial charge in [0.2, 0.25) is 0 Å². The van der Waals surface area contributed by atoms with E-state index in [0.29, 0.717) is 0 Å². The second kappa shape index (κ2) is 17.0. The highest BCUT2D eigenvalue weighted by Crippen LogP contribution is 2.14. The fourth-order valence-corrected chi connectivity index (χ4v) is 2.81. The van der Waals surface area contributed by atoms with Gasteiger partial charge >= 0.3 is 11.9 Å². The third kappa shape index (κ3) is 13.7. The topological polar surface area (TPSA) is 61.8 Å². The molecule has 0 aromatic carbocycles. The van der Waals surface area contributed by atoms with Crippen molar-refractivity contribution >= 4 is 11.9 Å². The van der Waals surface area contributed by atoms with Crippen LogP contribution in [0, 0.1) is 11.8 Å². The predicted molar refractivity (Wildman–Crippen MR) is 109 cm³/mol. The van der Waals surface area contributed by atoms with Gasteiger partial charge in [-0.15, -0.1) is 0 Å². The van der Waals surface area contributed by atoms with Gasteiger partial charge in [0.05, 0.1) is 11.8 Å². The van der Waals surface area contributed by atoms with E-state index in [0.717, 1.165) is 38.5 Å². The summed E-state index contributed by atoms with van der Waals surface area (Å²) in [5, 5.41) is 0. The summed E-state index contributed by atoms with van der Waals surface area (Å²) in [6, 6.07) is 0. The van der Waals surface area contributed by atoms with E-state index in [1.165, 1.54) is 32.8 Å². The van der Waals surface area contributed by atoms with Crippen LogP contribution in [0.2, 0.25) is 0 Å². The monoisotopic (exact) mass is 386 g/mol. The molecule has 0 rings (SSSR count). The Morgan fingerprint density at radius 2 is 1.11 bits per heavy atom. The Hall–Kier alpha value is -1.10. The molecule has 2 atom stereocenters. The molecule has 0 radical (unpaired) electrons. The molecule has 0 aromatic rings. The minimum Gasteiger partial charge on any atom is -0.463 e. The first kappa shape index (κ1) is 25.9. The lowest BCUT2D eigenvalue weighted by Gasteiger charge is -2.18. The Balaban J connectivity index is 4.01. The van der Waals surface area contributed by atoms with E-state index in [2.05, 4.69) is 13.8 Å². The van der Waals surface area contributed by atoms with Crippen LogP contribution >= 0.6 is 0 Å². The first-order chi connectivity index (χ1) is 13.0. The van der Waals surface area contributed by atoms with Gasteiger partial charge < -0.3 is 14.2 Å². The van der Waals surface area contributed by atoms with Gasteiger partial charge in [-0.3, -0.25) is 9.59 Å². The lowest BCUT2D eigenvalue weighted by molar-refractivity contribution is -0.158. The van der Waals surface area contributed by atoms with E-state index in [4.69, 9.17) is 14.2 Å². The number of methoxy groups -OCH3 is 1. The van der Waals surface area contributed by atoms with E-state index in [-0.39, 0.29) is 37.0 Å². The zero-order valence-corrected chi connectivity index (χ0v) is 18.3. The molecule has 5 heteroatoms. The zero-order valence-electron chi connectivity index (χ0n) is 18.3. The van der Waals surface area contributed by atoms with Crippen LogP contribution in [0.3, 0.4) is 0 Å². The maximum Gasteiger partial charge on any atom is 0.308 e. The third-order valence-electron chi connectivity index (χ3n) is 4.94. The van der Waals surface area contributed by atoms with Crippen molar-refractivity contribution in [2.75, 3.05) is 20.3 Å². The molecule has 0 N–H and O–H groups in total. The lowest BCUT2D eigenvalue weighted by atomic mass is 10.0. The maximum absolute atomic E-state index is 12.1. The molecule has 0 fully saturated rings. The number of carbonyl (C=O) groups excluding carboxylic acids is 2. The molecule has 0 aliphatic rings. The fourth-order valence-electron chi connectivity index (χ4n) is 2.81. The summed E-state index contributed by atoms with van der Waals surface area (Å²) in [6.45, 7) is 8.37. The average Bonchev–Trinajstić information content (AvgIpc) is 2.67. The molecular weight excluding hydrogens is 344 g/mol. The smallest absolute Gasteiger partial charge is 0.308 e. The van der Waals surface area contributed by atoms with Gasteiger partial charge in [-0.25, -0.2) is 0 Å². The summed E-state index contributed by atoms with van der Waals surface area (Å²) in [7, 11) is 1.54. The molecule has 27 heavy (non-hydrogen) atoms. The number of ether oxygens (including phenoxy) is 3. The molecule has 0 aromatic heterocycles. The van der Waals surface area contributed by atoms with Gasteiger partial charge in [0.15, 0.2) is 0 Å². The van der Waals surface area contributed by atoms with Gasteiger partial charge in [0, 0.05) is 7.11 Å². The number of rotatable bonds is 17. The largest absolute Gasteiger partial charge is 0.463 e. The Labute approximate surface area is 166 Å². The molecule has 0 amide bonds. The molecule has 160 valence electrons. The second-order valence-electron chi connectivity index (χ2n) is 7.62. The molecule has 5 nitrogen and oxygen atoms in total. The van der Waals surface area contributed by atoms with Crippen molar-refractivity contribution in [2.24, 2.45) is 11.8 Å². The highest BCUT2D eigenvalue weighted by molar-refractivity contribution is 5.72. The number of esters is 2. The van der Waals surface area contributed by atoms with Crippen LogP contribution in [0.1, 0.15) is 91.9 Å². The molecule has 0 spiro atoms. The van der Waals surface area contributed by atoms with E-state index in [1.807, 2.05) is 13.8 Å². The molecule has 0 heterocycles. The summed E-state index contributed by atoms with van der Waals surface area (Å²) < 4.78 is 16.0. The van der Waals surface area contributed by atoms with Crippen LogP contribution < -0.4 is 0 Å². The molecule has 0 bridgehead atoms. The first-order valence-corrected chi connectivity index (χ1v) is 10.8. The molecule has 0 aliphatic carbocycles. The maximum atomic E-state index is 12.1. The van der Waals surface area contributed by atoms with Crippen molar-refractivity contribution in [3.63, 3.8) is 0 Å². The molecular formula is C22H42O5. The van der Waals surface area contributed by atoms with Crippen LogP contribution in [0.5, 0.6) is 0 Å². The third-order valence-corrected chi connectivity index (χ3v) is 4.94. The number of hydrogen-bond donors (Lipinski definition) is 0. The van der Waals surface area contributed by atoms with Crippen molar-refractivity contribution in [1.29, 1.82) is 0 Å². The highest BCUT2D eigenvalue weighted by atomic mass is 16.6. The van der Waals surface area contributed by atoms with Gasteiger partial charge in [0.25, 0.3) is 0 Å². The van der Waals surface area contributed by atoms with Crippen LogP contribution in [0.15, 0.2) is 0 Å². The summed E-state index contributed by atoms with van der Waals surface area (Å²) in [6.07, 6.45) is 10.5. The normalized spacial score (nSPS) is 14.4. The van der Waals surface area contributed by atoms with Crippen molar-refractivity contribution in [3.8, 4) is 0 Å². The SMILES string of the molecule is CCCCCCC(C)C(=O)OCC(COC(=O)C(C)CCCCCC)OC. The number of unbranched alkanes of at least 4 members (excludes halogenated alkanes) is 6. The van der Waals surface area contributed by atoms with E-state index >= 15 is 0 Å². The van der Waals surface area contributed by atoms with Gasteiger partial charge in [-0.2, -0.15) is 0 Å². The van der Waals surface area contributed by atoms with Crippen LogP contribution in [0.4, 0.5) is 0 Å². The Bertz CT molecular complexity index is 349.